The van der Waals surface area contributed by atoms with E-state index in [0.29, 0.717) is 11.1 Å². The Morgan fingerprint density at radius 1 is 1.33 bits per heavy atom. The minimum atomic E-state index is 0.470. The molecule has 0 bridgehead atoms. The van der Waals surface area contributed by atoms with Gasteiger partial charge in [-0.25, -0.2) is 9.67 Å². The molecule has 3 nitrogen and oxygen atoms in total. The topological polar surface area (TPSA) is 30.7 Å². The van der Waals surface area contributed by atoms with E-state index in [0.717, 1.165) is 5.82 Å². The first-order valence-corrected chi connectivity index (χ1v) is 5.22. The van der Waals surface area contributed by atoms with Crippen LogP contribution in [0.3, 0.4) is 0 Å². The van der Waals surface area contributed by atoms with Crippen LogP contribution < -0.4 is 0 Å². The molecule has 2 rings (SSSR count). The molecule has 2 aromatic rings. The van der Waals surface area contributed by atoms with E-state index in [2.05, 4.69) is 23.9 Å². The largest absolute Gasteiger partial charge is 0.222 e. The van der Waals surface area contributed by atoms with Gasteiger partial charge in [0.05, 0.1) is 6.20 Å². The minimum absolute atomic E-state index is 0.470. The van der Waals surface area contributed by atoms with Crippen LogP contribution in [0.1, 0.15) is 25.3 Å². The molecule has 2 aromatic heterocycles. The molecule has 15 heavy (non-hydrogen) atoms. The van der Waals surface area contributed by atoms with Crippen LogP contribution in [-0.2, 0) is 0 Å². The van der Waals surface area contributed by atoms with E-state index in [1.165, 1.54) is 5.56 Å². The summed E-state index contributed by atoms with van der Waals surface area (Å²) in [5.41, 5.74) is 1.19. The number of halogens is 1. The predicted octanol–water partition coefficient (Wildman–Crippen LogP) is 3.04. The summed E-state index contributed by atoms with van der Waals surface area (Å²) in [6.07, 6.45) is 3.83. The molecule has 0 aliphatic heterocycles. The predicted molar refractivity (Wildman–Crippen MR) is 60.5 cm³/mol. The Morgan fingerprint density at radius 3 is 2.73 bits per heavy atom. The van der Waals surface area contributed by atoms with E-state index >= 15 is 0 Å². The third kappa shape index (κ3) is 2.18. The number of pyridine rings is 1. The third-order valence-electron chi connectivity index (χ3n) is 2.20. The van der Waals surface area contributed by atoms with Crippen LogP contribution in [0.25, 0.3) is 5.82 Å². The summed E-state index contributed by atoms with van der Waals surface area (Å²) < 4.78 is 1.74. The summed E-state index contributed by atoms with van der Waals surface area (Å²) in [6.45, 7) is 4.26. The minimum Gasteiger partial charge on any atom is -0.222 e. The lowest BCUT2D eigenvalue weighted by Gasteiger charge is -2.00. The zero-order chi connectivity index (χ0) is 10.8. The Hall–Kier alpha value is -1.35. The Kier molecular flexibility index (Phi) is 2.73. The van der Waals surface area contributed by atoms with Crippen LogP contribution in [-0.4, -0.2) is 14.8 Å². The van der Waals surface area contributed by atoms with E-state index in [1.54, 1.807) is 10.7 Å². The molecule has 0 saturated carbocycles. The highest BCUT2D eigenvalue weighted by atomic mass is 35.5. The van der Waals surface area contributed by atoms with Gasteiger partial charge in [-0.3, -0.25) is 0 Å². The van der Waals surface area contributed by atoms with Gasteiger partial charge in [0.1, 0.15) is 5.15 Å². The highest BCUT2D eigenvalue weighted by Crippen LogP contribution is 2.15. The van der Waals surface area contributed by atoms with Crippen LogP contribution >= 0.6 is 11.6 Å². The molecule has 0 saturated heterocycles. The average molecular weight is 222 g/mol. The number of aromatic nitrogens is 3. The summed E-state index contributed by atoms with van der Waals surface area (Å²) in [4.78, 5) is 4.18. The first kappa shape index (κ1) is 10.2. The number of hydrogen-bond acceptors (Lipinski definition) is 2. The normalized spacial score (nSPS) is 10.9. The fourth-order valence-electron chi connectivity index (χ4n) is 1.29. The molecule has 0 unspecified atom stereocenters. The van der Waals surface area contributed by atoms with Crippen LogP contribution in [0.5, 0.6) is 0 Å². The monoisotopic (exact) mass is 221 g/mol. The second kappa shape index (κ2) is 4.03. The fraction of sp³-hybridized carbons (Fsp3) is 0.273. The SMILES string of the molecule is CC(C)c1cnn(-c2cccc(Cl)n2)c1. The van der Waals surface area contributed by atoms with Crippen LogP contribution in [0.15, 0.2) is 30.6 Å². The maximum absolute atomic E-state index is 5.81. The van der Waals surface area contributed by atoms with E-state index < -0.39 is 0 Å². The van der Waals surface area contributed by atoms with Crippen molar-refractivity contribution in [3.8, 4) is 5.82 Å². The van der Waals surface area contributed by atoms with E-state index in [4.69, 9.17) is 11.6 Å². The molecule has 78 valence electrons. The molecule has 0 N–H and O–H groups in total. The molecule has 0 aliphatic carbocycles. The maximum Gasteiger partial charge on any atom is 0.155 e. The van der Waals surface area contributed by atoms with Gasteiger partial charge in [0, 0.05) is 6.20 Å². The zero-order valence-corrected chi connectivity index (χ0v) is 9.44. The van der Waals surface area contributed by atoms with Crippen molar-refractivity contribution in [3.05, 3.63) is 41.3 Å². The Balaban J connectivity index is 2.37. The van der Waals surface area contributed by atoms with Crippen molar-refractivity contribution in [3.63, 3.8) is 0 Å². The molecular formula is C11H12ClN3. The van der Waals surface area contributed by atoms with Crippen molar-refractivity contribution >= 4 is 11.6 Å². The van der Waals surface area contributed by atoms with Crippen molar-refractivity contribution in [2.24, 2.45) is 0 Å². The van der Waals surface area contributed by atoms with Crippen LogP contribution in [0.2, 0.25) is 5.15 Å². The fourth-order valence-corrected chi connectivity index (χ4v) is 1.44. The Morgan fingerprint density at radius 2 is 2.13 bits per heavy atom. The lowest BCUT2D eigenvalue weighted by Crippen LogP contribution is -1.97. The standard InChI is InChI=1S/C11H12ClN3/c1-8(2)9-6-13-15(7-9)11-5-3-4-10(12)14-11/h3-8H,1-2H3. The molecule has 0 amide bonds. The van der Waals surface area contributed by atoms with Crippen molar-refractivity contribution in [1.82, 2.24) is 14.8 Å². The van der Waals surface area contributed by atoms with Gasteiger partial charge in [0.15, 0.2) is 5.82 Å². The van der Waals surface area contributed by atoms with E-state index in [-0.39, 0.29) is 0 Å². The number of hydrogen-bond donors (Lipinski definition) is 0. The molecular weight excluding hydrogens is 210 g/mol. The number of rotatable bonds is 2. The summed E-state index contributed by atoms with van der Waals surface area (Å²) >= 11 is 5.81. The van der Waals surface area contributed by atoms with Gasteiger partial charge in [-0.1, -0.05) is 31.5 Å². The molecule has 0 atom stereocenters. The Bertz CT molecular complexity index is 462. The summed E-state index contributed by atoms with van der Waals surface area (Å²) in [5.74, 6) is 1.22. The van der Waals surface area contributed by atoms with Crippen molar-refractivity contribution in [2.75, 3.05) is 0 Å². The molecule has 0 aliphatic rings. The zero-order valence-electron chi connectivity index (χ0n) is 8.68. The first-order valence-electron chi connectivity index (χ1n) is 4.84. The highest BCUT2D eigenvalue weighted by molar-refractivity contribution is 6.29. The van der Waals surface area contributed by atoms with Crippen molar-refractivity contribution in [2.45, 2.75) is 19.8 Å². The van der Waals surface area contributed by atoms with Gasteiger partial charge in [-0.05, 0) is 23.6 Å². The second-order valence-electron chi connectivity index (χ2n) is 3.69. The molecule has 0 fully saturated rings. The van der Waals surface area contributed by atoms with E-state index in [9.17, 15) is 0 Å². The summed E-state index contributed by atoms with van der Waals surface area (Å²) in [7, 11) is 0. The molecule has 0 aromatic carbocycles. The molecule has 4 heteroatoms. The highest BCUT2D eigenvalue weighted by Gasteiger charge is 2.05. The smallest absolute Gasteiger partial charge is 0.155 e. The van der Waals surface area contributed by atoms with Crippen molar-refractivity contribution < 1.29 is 0 Å². The maximum atomic E-state index is 5.81. The third-order valence-corrected chi connectivity index (χ3v) is 2.41. The quantitative estimate of drug-likeness (QED) is 0.730. The molecule has 0 spiro atoms. The van der Waals surface area contributed by atoms with Gasteiger partial charge in [-0.15, -0.1) is 0 Å². The summed E-state index contributed by atoms with van der Waals surface area (Å²) in [5, 5.41) is 4.72. The van der Waals surface area contributed by atoms with Gasteiger partial charge in [-0.2, -0.15) is 5.10 Å². The van der Waals surface area contributed by atoms with E-state index in [1.807, 2.05) is 24.5 Å². The summed E-state index contributed by atoms with van der Waals surface area (Å²) in [6, 6.07) is 5.49. The van der Waals surface area contributed by atoms with Crippen LogP contribution in [0, 0.1) is 0 Å². The average Bonchev–Trinajstić information content (AvgIpc) is 2.66. The first-order chi connectivity index (χ1) is 7.16. The number of nitrogens with zero attached hydrogens (tertiary/aromatic N) is 3. The lowest BCUT2D eigenvalue weighted by atomic mass is 10.1. The molecule has 0 radical (unpaired) electrons. The van der Waals surface area contributed by atoms with Gasteiger partial charge in [0.2, 0.25) is 0 Å². The lowest BCUT2D eigenvalue weighted by molar-refractivity contribution is 0.839. The second-order valence-corrected chi connectivity index (χ2v) is 4.08. The van der Waals surface area contributed by atoms with Crippen molar-refractivity contribution in [1.29, 1.82) is 0 Å². The van der Waals surface area contributed by atoms with Crippen LogP contribution in [0.4, 0.5) is 0 Å². The van der Waals surface area contributed by atoms with Gasteiger partial charge >= 0.3 is 0 Å². The Labute approximate surface area is 93.7 Å². The van der Waals surface area contributed by atoms with Gasteiger partial charge in [0.25, 0.3) is 0 Å². The molecule has 2 heterocycles. The van der Waals surface area contributed by atoms with Gasteiger partial charge < -0.3 is 0 Å².